The second kappa shape index (κ2) is 11.0. The van der Waals surface area contributed by atoms with Crippen LogP contribution in [0.2, 0.25) is 0 Å². The summed E-state index contributed by atoms with van der Waals surface area (Å²) in [5.74, 6) is -0.350. The van der Waals surface area contributed by atoms with E-state index in [9.17, 15) is 4.79 Å². The van der Waals surface area contributed by atoms with Crippen molar-refractivity contribution in [1.29, 1.82) is 0 Å². The summed E-state index contributed by atoms with van der Waals surface area (Å²) in [5, 5.41) is 0. The SMILES string of the molecule is C=CC(=C(c1ccc(N(C)C)cc1)c1ccc(N(C)C)cc1)C1(c2ccccc2)OC(=O)c2cc(N(C)C)ccc21. The molecule has 5 rings (SSSR count). The van der Waals surface area contributed by atoms with E-state index >= 15 is 0 Å². The first-order valence-corrected chi connectivity index (χ1v) is 13.7. The van der Waals surface area contributed by atoms with Crippen molar-refractivity contribution in [3.63, 3.8) is 0 Å². The third kappa shape index (κ3) is 4.89. The molecule has 1 aliphatic rings. The molecule has 41 heavy (non-hydrogen) atoms. The van der Waals surface area contributed by atoms with Gasteiger partial charge in [-0.2, -0.15) is 0 Å². The van der Waals surface area contributed by atoms with Gasteiger partial charge in [-0.05, 0) is 53.1 Å². The first-order chi connectivity index (χ1) is 19.7. The fourth-order valence-corrected chi connectivity index (χ4v) is 5.53. The molecule has 0 N–H and O–H groups in total. The molecule has 0 amide bonds. The summed E-state index contributed by atoms with van der Waals surface area (Å²) in [6, 6.07) is 32.9. The fourth-order valence-electron chi connectivity index (χ4n) is 5.53. The van der Waals surface area contributed by atoms with Crippen LogP contribution in [0.15, 0.2) is 115 Å². The van der Waals surface area contributed by atoms with Crippen LogP contribution in [0, 0.1) is 0 Å². The Morgan fingerprint density at radius 3 is 1.63 bits per heavy atom. The molecule has 1 heterocycles. The zero-order valence-electron chi connectivity index (χ0n) is 24.7. The lowest BCUT2D eigenvalue weighted by atomic mass is 9.75. The van der Waals surface area contributed by atoms with Gasteiger partial charge in [-0.15, -0.1) is 0 Å². The van der Waals surface area contributed by atoms with E-state index in [0.29, 0.717) is 5.56 Å². The topological polar surface area (TPSA) is 36.0 Å². The number of benzene rings is 4. The van der Waals surface area contributed by atoms with Crippen molar-refractivity contribution in [2.24, 2.45) is 0 Å². The van der Waals surface area contributed by atoms with Crippen LogP contribution in [0.5, 0.6) is 0 Å². The van der Waals surface area contributed by atoms with Gasteiger partial charge in [0.2, 0.25) is 0 Å². The minimum Gasteiger partial charge on any atom is -0.441 e. The Hall–Kier alpha value is -4.77. The normalized spacial score (nSPS) is 15.5. The third-order valence-corrected chi connectivity index (χ3v) is 7.74. The highest BCUT2D eigenvalue weighted by Crippen LogP contribution is 2.51. The first kappa shape index (κ1) is 27.8. The molecule has 0 saturated heterocycles. The van der Waals surface area contributed by atoms with Crippen LogP contribution in [0.1, 0.15) is 32.6 Å². The summed E-state index contributed by atoms with van der Waals surface area (Å²) in [5.41, 5.74) is 7.97. The van der Waals surface area contributed by atoms with E-state index in [1.54, 1.807) is 0 Å². The Morgan fingerprint density at radius 1 is 0.683 bits per heavy atom. The van der Waals surface area contributed by atoms with Crippen molar-refractivity contribution in [2.45, 2.75) is 5.60 Å². The van der Waals surface area contributed by atoms with Gasteiger partial charge in [0, 0.05) is 76.0 Å². The standard InChI is InChI=1S/C36H37N3O2/c1-8-32(34(25-14-18-28(19-15-25)37(2)3)26-16-20-29(21-17-26)38(4)5)36(27-12-10-9-11-13-27)33-23-22-30(39(6)7)24-31(33)35(40)41-36/h8-24H,1H2,2-7H3. The van der Waals surface area contributed by atoms with Crippen LogP contribution in [-0.4, -0.2) is 48.3 Å². The molecule has 1 aliphatic heterocycles. The Balaban J connectivity index is 1.87. The summed E-state index contributed by atoms with van der Waals surface area (Å²) >= 11 is 0. The Kier molecular flexibility index (Phi) is 7.46. The predicted molar refractivity (Wildman–Crippen MR) is 171 cm³/mol. The van der Waals surface area contributed by atoms with Crippen molar-refractivity contribution >= 4 is 28.6 Å². The molecule has 4 aromatic carbocycles. The maximum absolute atomic E-state index is 13.7. The minimum atomic E-state index is -1.18. The van der Waals surface area contributed by atoms with Crippen LogP contribution in [0.3, 0.4) is 0 Å². The number of fused-ring (bicyclic) bond motifs is 1. The van der Waals surface area contributed by atoms with Gasteiger partial charge in [0.1, 0.15) is 0 Å². The van der Waals surface area contributed by atoms with E-state index in [1.807, 2.05) is 102 Å². The number of hydrogen-bond donors (Lipinski definition) is 0. The Labute approximate surface area is 243 Å². The molecule has 0 bridgehead atoms. The number of rotatable bonds is 8. The highest BCUT2D eigenvalue weighted by atomic mass is 16.6. The van der Waals surface area contributed by atoms with E-state index in [-0.39, 0.29) is 5.97 Å². The minimum absolute atomic E-state index is 0.350. The molecule has 1 atom stereocenters. The smallest absolute Gasteiger partial charge is 0.340 e. The zero-order chi connectivity index (χ0) is 29.3. The predicted octanol–water partition coefficient (Wildman–Crippen LogP) is 6.99. The van der Waals surface area contributed by atoms with Gasteiger partial charge < -0.3 is 19.4 Å². The molecule has 0 radical (unpaired) electrons. The van der Waals surface area contributed by atoms with Crippen LogP contribution in [0.25, 0.3) is 5.57 Å². The lowest BCUT2D eigenvalue weighted by Gasteiger charge is -2.33. The van der Waals surface area contributed by atoms with Gasteiger partial charge >= 0.3 is 5.97 Å². The summed E-state index contributed by atoms with van der Waals surface area (Å²) in [4.78, 5) is 19.8. The van der Waals surface area contributed by atoms with Crippen molar-refractivity contribution in [2.75, 3.05) is 57.0 Å². The highest BCUT2D eigenvalue weighted by molar-refractivity contribution is 5.99. The van der Waals surface area contributed by atoms with Gasteiger partial charge in [-0.3, -0.25) is 0 Å². The monoisotopic (exact) mass is 543 g/mol. The molecular weight excluding hydrogens is 506 g/mol. The number of carbonyl (C=O) groups is 1. The van der Waals surface area contributed by atoms with Crippen LogP contribution in [0.4, 0.5) is 17.1 Å². The average Bonchev–Trinajstić information content (AvgIpc) is 3.28. The summed E-state index contributed by atoms with van der Waals surface area (Å²) in [6.07, 6.45) is 1.85. The van der Waals surface area contributed by atoms with Crippen LogP contribution < -0.4 is 14.7 Å². The summed E-state index contributed by atoms with van der Waals surface area (Å²) in [6.45, 7) is 4.31. The maximum atomic E-state index is 13.7. The van der Waals surface area contributed by atoms with Gasteiger partial charge in [-0.1, -0.05) is 73.3 Å². The number of carbonyl (C=O) groups excluding carboxylic acids is 1. The quantitative estimate of drug-likeness (QED) is 0.177. The number of cyclic esters (lactones) is 1. The molecule has 0 aliphatic carbocycles. The summed E-state index contributed by atoms with van der Waals surface area (Å²) in [7, 11) is 12.1. The van der Waals surface area contributed by atoms with Crippen LogP contribution in [-0.2, 0) is 10.3 Å². The van der Waals surface area contributed by atoms with Gasteiger partial charge in [-0.25, -0.2) is 4.79 Å². The fraction of sp³-hybridized carbons (Fsp3) is 0.194. The molecule has 0 aromatic heterocycles. The molecule has 0 fully saturated rings. The van der Waals surface area contributed by atoms with Crippen molar-refractivity contribution < 1.29 is 9.53 Å². The first-order valence-electron chi connectivity index (χ1n) is 13.7. The molecule has 4 aromatic rings. The lowest BCUT2D eigenvalue weighted by molar-refractivity contribution is 0.0251. The number of anilines is 3. The number of ether oxygens (including phenoxy) is 1. The number of nitrogens with zero attached hydrogens (tertiary/aromatic N) is 3. The Bertz CT molecular complexity index is 1550. The van der Waals surface area contributed by atoms with Crippen molar-refractivity contribution in [3.8, 4) is 0 Å². The van der Waals surface area contributed by atoms with Gasteiger partial charge in [0.05, 0.1) is 5.56 Å². The van der Waals surface area contributed by atoms with E-state index in [2.05, 4.69) is 64.9 Å². The number of hydrogen-bond acceptors (Lipinski definition) is 5. The highest BCUT2D eigenvalue weighted by Gasteiger charge is 2.50. The molecule has 0 saturated carbocycles. The molecule has 0 spiro atoms. The second-order valence-electron chi connectivity index (χ2n) is 10.9. The van der Waals surface area contributed by atoms with E-state index in [1.165, 1.54) is 0 Å². The molecule has 5 nitrogen and oxygen atoms in total. The maximum Gasteiger partial charge on any atom is 0.340 e. The largest absolute Gasteiger partial charge is 0.441 e. The molecular formula is C36H37N3O2. The molecule has 208 valence electrons. The van der Waals surface area contributed by atoms with Crippen molar-refractivity contribution in [3.05, 3.63) is 143 Å². The lowest BCUT2D eigenvalue weighted by Crippen LogP contribution is -2.31. The third-order valence-electron chi connectivity index (χ3n) is 7.74. The van der Waals surface area contributed by atoms with E-state index in [0.717, 1.165) is 50.5 Å². The number of esters is 1. The van der Waals surface area contributed by atoms with Gasteiger partial charge in [0.25, 0.3) is 0 Å². The van der Waals surface area contributed by atoms with Crippen molar-refractivity contribution in [1.82, 2.24) is 0 Å². The van der Waals surface area contributed by atoms with E-state index < -0.39 is 5.60 Å². The zero-order valence-corrected chi connectivity index (χ0v) is 24.7. The molecule has 5 heteroatoms. The molecule has 1 unspecified atom stereocenters. The summed E-state index contributed by atoms with van der Waals surface area (Å²) < 4.78 is 6.54. The van der Waals surface area contributed by atoms with E-state index in [4.69, 9.17) is 4.74 Å². The Morgan fingerprint density at radius 2 is 1.17 bits per heavy atom. The van der Waals surface area contributed by atoms with Crippen LogP contribution >= 0.6 is 0 Å². The average molecular weight is 544 g/mol. The van der Waals surface area contributed by atoms with Gasteiger partial charge in [0.15, 0.2) is 5.60 Å². The second-order valence-corrected chi connectivity index (χ2v) is 10.9.